The lowest BCUT2D eigenvalue weighted by atomic mass is 10.1. The zero-order chi connectivity index (χ0) is 13.9. The average Bonchev–Trinajstić information content (AvgIpc) is 3.04. The summed E-state index contributed by atoms with van der Waals surface area (Å²) in [6.07, 6.45) is 3.52. The van der Waals surface area contributed by atoms with E-state index in [1.807, 2.05) is 30.5 Å². The number of H-pyrrole nitrogens is 1. The molecule has 1 fully saturated rings. The van der Waals surface area contributed by atoms with Crippen LogP contribution in [-0.2, 0) is 20.7 Å². The minimum Gasteiger partial charge on any atom is -0.464 e. The number of aromatic nitrogens is 1. The van der Waals surface area contributed by atoms with Crippen molar-refractivity contribution in [3.05, 3.63) is 36.0 Å². The number of cyclic esters (lactones) is 1. The number of amides is 1. The fraction of sp³-hybridized carbons (Fsp3) is 0.333. The normalized spacial score (nSPS) is 18.2. The molecule has 0 aliphatic carbocycles. The van der Waals surface area contributed by atoms with Gasteiger partial charge in [0.25, 0.3) is 0 Å². The minimum atomic E-state index is -0.467. The van der Waals surface area contributed by atoms with E-state index in [4.69, 9.17) is 4.74 Å². The van der Waals surface area contributed by atoms with Crippen molar-refractivity contribution in [2.24, 2.45) is 0 Å². The van der Waals surface area contributed by atoms with E-state index in [-0.39, 0.29) is 11.9 Å². The topological polar surface area (TPSA) is 71.2 Å². The third-order valence-electron chi connectivity index (χ3n) is 3.57. The lowest BCUT2D eigenvalue weighted by molar-refractivity contribution is -0.141. The molecule has 3 rings (SSSR count). The number of ether oxygens (including phenoxy) is 1. The Bertz CT molecular complexity index is 647. The van der Waals surface area contributed by atoms with Crippen molar-refractivity contribution in [2.45, 2.75) is 25.3 Å². The molecule has 5 heteroatoms. The van der Waals surface area contributed by atoms with E-state index < -0.39 is 6.04 Å². The van der Waals surface area contributed by atoms with Gasteiger partial charge in [0, 0.05) is 29.9 Å². The molecule has 1 saturated heterocycles. The molecule has 0 saturated carbocycles. The number of hydrogen-bond acceptors (Lipinski definition) is 3. The summed E-state index contributed by atoms with van der Waals surface area (Å²) in [5, 5.41) is 3.85. The first-order valence-electron chi connectivity index (χ1n) is 6.75. The van der Waals surface area contributed by atoms with Crippen molar-refractivity contribution in [2.75, 3.05) is 6.61 Å². The lowest BCUT2D eigenvalue weighted by Gasteiger charge is -2.08. The van der Waals surface area contributed by atoms with Gasteiger partial charge in [0.15, 0.2) is 0 Å². The SMILES string of the molecule is O=C(CCc1c[nH]c2ccccc12)N[C@@H]1CCOC1=O. The summed E-state index contributed by atoms with van der Waals surface area (Å²) in [5.74, 6) is -0.440. The van der Waals surface area contributed by atoms with Crippen LogP contribution < -0.4 is 5.32 Å². The largest absolute Gasteiger partial charge is 0.464 e. The number of benzene rings is 1. The van der Waals surface area contributed by atoms with Gasteiger partial charge >= 0.3 is 5.97 Å². The quantitative estimate of drug-likeness (QED) is 0.829. The van der Waals surface area contributed by atoms with Gasteiger partial charge in [-0.2, -0.15) is 0 Å². The summed E-state index contributed by atoms with van der Waals surface area (Å²) in [5.41, 5.74) is 2.19. The van der Waals surface area contributed by atoms with Crippen LogP contribution in [0.15, 0.2) is 30.5 Å². The molecule has 0 spiro atoms. The molecule has 0 unspecified atom stereocenters. The molecule has 1 aromatic carbocycles. The Kier molecular flexibility index (Phi) is 3.41. The molecule has 0 bridgehead atoms. The lowest BCUT2D eigenvalue weighted by Crippen LogP contribution is -2.37. The monoisotopic (exact) mass is 272 g/mol. The van der Waals surface area contributed by atoms with Crippen LogP contribution in [0.1, 0.15) is 18.4 Å². The van der Waals surface area contributed by atoms with Crippen LogP contribution in [0.3, 0.4) is 0 Å². The second-order valence-corrected chi connectivity index (χ2v) is 4.94. The van der Waals surface area contributed by atoms with Crippen LogP contribution >= 0.6 is 0 Å². The highest BCUT2D eigenvalue weighted by atomic mass is 16.5. The second kappa shape index (κ2) is 5.36. The van der Waals surface area contributed by atoms with E-state index in [1.54, 1.807) is 0 Å². The molecule has 1 aliphatic rings. The maximum atomic E-state index is 11.8. The van der Waals surface area contributed by atoms with E-state index in [0.717, 1.165) is 16.5 Å². The van der Waals surface area contributed by atoms with Crippen molar-refractivity contribution >= 4 is 22.8 Å². The molecular weight excluding hydrogens is 256 g/mol. The van der Waals surface area contributed by atoms with E-state index in [2.05, 4.69) is 10.3 Å². The van der Waals surface area contributed by atoms with Gasteiger partial charge in [0.05, 0.1) is 6.61 Å². The highest BCUT2D eigenvalue weighted by Gasteiger charge is 2.27. The van der Waals surface area contributed by atoms with E-state index in [1.165, 1.54) is 0 Å². The van der Waals surface area contributed by atoms with Gasteiger partial charge in [0.1, 0.15) is 6.04 Å². The molecule has 1 amide bonds. The summed E-state index contributed by atoms with van der Waals surface area (Å²) in [6, 6.07) is 7.53. The number of fused-ring (bicyclic) bond motifs is 1. The van der Waals surface area contributed by atoms with Crippen molar-refractivity contribution in [1.82, 2.24) is 10.3 Å². The number of aromatic amines is 1. The first-order valence-corrected chi connectivity index (χ1v) is 6.75. The van der Waals surface area contributed by atoms with Crippen molar-refractivity contribution in [3.63, 3.8) is 0 Å². The Morgan fingerprint density at radius 3 is 3.05 bits per heavy atom. The Morgan fingerprint density at radius 2 is 2.25 bits per heavy atom. The number of hydrogen-bond donors (Lipinski definition) is 2. The first-order chi connectivity index (χ1) is 9.74. The summed E-state index contributed by atoms with van der Waals surface area (Å²) in [7, 11) is 0. The highest BCUT2D eigenvalue weighted by Crippen LogP contribution is 2.19. The van der Waals surface area contributed by atoms with Crippen LogP contribution in [-0.4, -0.2) is 29.5 Å². The van der Waals surface area contributed by atoms with E-state index in [0.29, 0.717) is 25.9 Å². The van der Waals surface area contributed by atoms with Crippen molar-refractivity contribution < 1.29 is 14.3 Å². The van der Waals surface area contributed by atoms with Gasteiger partial charge in [-0.1, -0.05) is 18.2 Å². The third kappa shape index (κ3) is 2.52. The zero-order valence-electron chi connectivity index (χ0n) is 11.0. The molecular formula is C15H16N2O3. The number of aryl methyl sites for hydroxylation is 1. The maximum absolute atomic E-state index is 11.8. The fourth-order valence-electron chi connectivity index (χ4n) is 2.48. The van der Waals surface area contributed by atoms with Gasteiger partial charge in [-0.25, -0.2) is 4.79 Å². The molecule has 104 valence electrons. The molecule has 1 aromatic heterocycles. The molecule has 1 atom stereocenters. The van der Waals surface area contributed by atoms with Crippen molar-refractivity contribution in [1.29, 1.82) is 0 Å². The molecule has 1 aliphatic heterocycles. The number of esters is 1. The predicted octanol–water partition coefficient (Wildman–Crippen LogP) is 1.53. The van der Waals surface area contributed by atoms with Gasteiger partial charge < -0.3 is 15.0 Å². The van der Waals surface area contributed by atoms with Gasteiger partial charge in [-0.15, -0.1) is 0 Å². The summed E-state index contributed by atoms with van der Waals surface area (Å²) >= 11 is 0. The Morgan fingerprint density at radius 1 is 1.40 bits per heavy atom. The number of carbonyl (C=O) groups is 2. The van der Waals surface area contributed by atoms with E-state index >= 15 is 0 Å². The number of carbonyl (C=O) groups excluding carboxylic acids is 2. The predicted molar refractivity (Wildman–Crippen MR) is 74.1 cm³/mol. The smallest absolute Gasteiger partial charge is 0.328 e. The molecule has 2 aromatic rings. The van der Waals surface area contributed by atoms with Crippen LogP contribution in [0, 0.1) is 0 Å². The molecule has 2 heterocycles. The zero-order valence-corrected chi connectivity index (χ0v) is 11.0. The Labute approximate surface area is 116 Å². The summed E-state index contributed by atoms with van der Waals surface area (Å²) in [6.45, 7) is 0.395. The van der Waals surface area contributed by atoms with Gasteiger partial charge in [-0.05, 0) is 18.1 Å². The summed E-state index contributed by atoms with van der Waals surface area (Å²) < 4.78 is 4.82. The second-order valence-electron chi connectivity index (χ2n) is 4.94. The Hall–Kier alpha value is -2.30. The third-order valence-corrected chi connectivity index (χ3v) is 3.57. The van der Waals surface area contributed by atoms with Crippen LogP contribution in [0.25, 0.3) is 10.9 Å². The molecule has 0 radical (unpaired) electrons. The fourth-order valence-corrected chi connectivity index (χ4v) is 2.48. The molecule has 2 N–H and O–H groups in total. The first kappa shape index (κ1) is 12.7. The van der Waals surface area contributed by atoms with Crippen molar-refractivity contribution in [3.8, 4) is 0 Å². The van der Waals surface area contributed by atoms with Gasteiger partial charge in [0.2, 0.25) is 5.91 Å². The number of nitrogens with one attached hydrogen (secondary N) is 2. The van der Waals surface area contributed by atoms with Gasteiger partial charge in [-0.3, -0.25) is 4.79 Å². The summed E-state index contributed by atoms with van der Waals surface area (Å²) in [4.78, 5) is 26.3. The highest BCUT2D eigenvalue weighted by molar-refractivity contribution is 5.86. The molecule has 20 heavy (non-hydrogen) atoms. The maximum Gasteiger partial charge on any atom is 0.328 e. The number of para-hydroxylation sites is 1. The van der Waals surface area contributed by atoms with E-state index in [9.17, 15) is 9.59 Å². The Balaban J connectivity index is 1.59. The van der Waals surface area contributed by atoms with Crippen LogP contribution in [0.2, 0.25) is 0 Å². The average molecular weight is 272 g/mol. The van der Waals surface area contributed by atoms with Crippen LogP contribution in [0.4, 0.5) is 0 Å². The number of rotatable bonds is 4. The minimum absolute atomic E-state index is 0.112. The van der Waals surface area contributed by atoms with Crippen LogP contribution in [0.5, 0.6) is 0 Å². The standard InChI is InChI=1S/C15H16N2O3/c18-14(17-13-7-8-20-15(13)19)6-5-10-9-16-12-4-2-1-3-11(10)12/h1-4,9,13,16H,5-8H2,(H,17,18)/t13-/m1/s1. The molecule has 5 nitrogen and oxygen atoms in total.